The number of nitrogens with zero attached hydrogens (tertiary/aromatic N) is 3. The fourth-order valence-electron chi connectivity index (χ4n) is 2.94. The maximum absolute atomic E-state index is 11.7. The van der Waals surface area contributed by atoms with Crippen LogP contribution in [-0.4, -0.2) is 47.1 Å². The minimum Gasteiger partial charge on any atom is -0.302 e. The maximum Gasteiger partial charge on any atom is 0.307 e. The third kappa shape index (κ3) is 4.44. The molecule has 124 valence electrons. The highest BCUT2D eigenvalue weighted by molar-refractivity contribution is 7.07. The van der Waals surface area contributed by atoms with Gasteiger partial charge in [0.1, 0.15) is 0 Å². The molecule has 0 atom stereocenters. The first kappa shape index (κ1) is 16.7. The first-order valence-corrected chi connectivity index (χ1v) is 9.21. The topological polar surface area (TPSA) is 28.5 Å². The molecular weight excluding hydrogens is 330 g/mol. The lowest BCUT2D eigenvalue weighted by atomic mass is 10.2. The van der Waals surface area contributed by atoms with E-state index >= 15 is 0 Å². The highest BCUT2D eigenvalue weighted by Crippen LogP contribution is 2.13. The van der Waals surface area contributed by atoms with Gasteiger partial charge in [0.15, 0.2) is 0 Å². The molecule has 1 aliphatic heterocycles. The standard InChI is InChI=1S/C17H22ClN3OS/c1-14-13-23-17(22)21(14)11-10-19-6-8-20(9-7-19)12-15-2-4-16(18)5-3-15/h2-5,13H,6-12H2,1H3. The first-order chi connectivity index (χ1) is 11.1. The molecule has 3 rings (SSSR count). The monoisotopic (exact) mass is 351 g/mol. The summed E-state index contributed by atoms with van der Waals surface area (Å²) in [6.07, 6.45) is 0. The number of hydrogen-bond donors (Lipinski definition) is 0. The zero-order valence-electron chi connectivity index (χ0n) is 13.4. The van der Waals surface area contributed by atoms with Crippen LogP contribution in [0.15, 0.2) is 34.4 Å². The van der Waals surface area contributed by atoms with Crippen molar-refractivity contribution in [2.24, 2.45) is 0 Å². The Morgan fingerprint density at radius 3 is 2.30 bits per heavy atom. The van der Waals surface area contributed by atoms with Crippen LogP contribution in [-0.2, 0) is 13.1 Å². The fraction of sp³-hybridized carbons (Fsp3) is 0.471. The molecule has 1 aromatic carbocycles. The highest BCUT2D eigenvalue weighted by Gasteiger charge is 2.17. The third-order valence-electron chi connectivity index (χ3n) is 4.40. The van der Waals surface area contributed by atoms with E-state index < -0.39 is 0 Å². The SMILES string of the molecule is Cc1csc(=O)n1CCN1CCN(Cc2ccc(Cl)cc2)CC1. The Kier molecular flexibility index (Phi) is 5.54. The van der Waals surface area contributed by atoms with Gasteiger partial charge < -0.3 is 4.57 Å². The van der Waals surface area contributed by atoms with Crippen molar-refractivity contribution in [2.75, 3.05) is 32.7 Å². The summed E-state index contributed by atoms with van der Waals surface area (Å²) in [5.41, 5.74) is 2.38. The molecule has 6 heteroatoms. The summed E-state index contributed by atoms with van der Waals surface area (Å²) in [4.78, 5) is 16.8. The Morgan fingerprint density at radius 1 is 1.04 bits per heavy atom. The van der Waals surface area contributed by atoms with Gasteiger partial charge in [0.2, 0.25) is 0 Å². The molecule has 0 aliphatic carbocycles. The number of halogens is 1. The lowest BCUT2D eigenvalue weighted by molar-refractivity contribution is 0.124. The van der Waals surface area contributed by atoms with Crippen molar-refractivity contribution in [1.29, 1.82) is 0 Å². The lowest BCUT2D eigenvalue weighted by Crippen LogP contribution is -2.47. The number of rotatable bonds is 5. The van der Waals surface area contributed by atoms with Gasteiger partial charge in [-0.1, -0.05) is 35.1 Å². The Balaban J connectivity index is 1.45. The molecule has 2 aromatic rings. The summed E-state index contributed by atoms with van der Waals surface area (Å²) < 4.78 is 1.88. The van der Waals surface area contributed by atoms with Gasteiger partial charge in [-0.3, -0.25) is 14.6 Å². The van der Waals surface area contributed by atoms with E-state index in [2.05, 4.69) is 21.9 Å². The van der Waals surface area contributed by atoms with E-state index in [-0.39, 0.29) is 4.87 Å². The number of aromatic nitrogens is 1. The largest absolute Gasteiger partial charge is 0.307 e. The van der Waals surface area contributed by atoms with Gasteiger partial charge >= 0.3 is 4.87 Å². The summed E-state index contributed by atoms with van der Waals surface area (Å²) in [5.74, 6) is 0. The molecule has 23 heavy (non-hydrogen) atoms. The summed E-state index contributed by atoms with van der Waals surface area (Å²) in [5, 5.41) is 2.73. The van der Waals surface area contributed by atoms with Crippen molar-refractivity contribution in [3.05, 3.63) is 55.6 Å². The van der Waals surface area contributed by atoms with Crippen LogP contribution in [0.4, 0.5) is 0 Å². The molecule has 0 radical (unpaired) electrons. The maximum atomic E-state index is 11.7. The Bertz CT molecular complexity index is 687. The predicted octanol–water partition coefficient (Wildman–Crippen LogP) is 2.69. The van der Waals surface area contributed by atoms with E-state index in [1.165, 1.54) is 16.9 Å². The number of piperazine rings is 1. The molecule has 0 spiro atoms. The molecular formula is C17H22ClN3OS. The van der Waals surface area contributed by atoms with Crippen molar-refractivity contribution in [2.45, 2.75) is 20.0 Å². The van der Waals surface area contributed by atoms with Crippen molar-refractivity contribution < 1.29 is 0 Å². The quantitative estimate of drug-likeness (QED) is 0.829. The molecule has 2 heterocycles. The molecule has 0 amide bonds. The van der Waals surface area contributed by atoms with Crippen molar-refractivity contribution in [3.8, 4) is 0 Å². The number of thiazole rings is 1. The Hall–Kier alpha value is -1.14. The minimum absolute atomic E-state index is 0.156. The fourth-order valence-corrected chi connectivity index (χ4v) is 3.82. The van der Waals surface area contributed by atoms with Gasteiger partial charge in [0.25, 0.3) is 0 Å². The van der Waals surface area contributed by atoms with Gasteiger partial charge in [-0.05, 0) is 24.6 Å². The van der Waals surface area contributed by atoms with E-state index in [0.717, 1.165) is 56.5 Å². The average molecular weight is 352 g/mol. The third-order valence-corrected chi connectivity index (χ3v) is 5.53. The van der Waals surface area contributed by atoms with Crippen LogP contribution in [0.2, 0.25) is 5.02 Å². The van der Waals surface area contributed by atoms with Crippen LogP contribution in [0.25, 0.3) is 0 Å². The molecule has 1 aliphatic rings. The smallest absolute Gasteiger partial charge is 0.302 e. The summed E-state index contributed by atoms with van der Waals surface area (Å²) in [7, 11) is 0. The number of benzene rings is 1. The summed E-state index contributed by atoms with van der Waals surface area (Å²) >= 11 is 7.22. The zero-order valence-corrected chi connectivity index (χ0v) is 14.9. The Morgan fingerprint density at radius 2 is 1.70 bits per heavy atom. The van der Waals surface area contributed by atoms with Crippen molar-refractivity contribution in [3.63, 3.8) is 0 Å². The lowest BCUT2D eigenvalue weighted by Gasteiger charge is -2.34. The van der Waals surface area contributed by atoms with Crippen LogP contribution >= 0.6 is 22.9 Å². The molecule has 0 bridgehead atoms. The van der Waals surface area contributed by atoms with Gasteiger partial charge in [-0.2, -0.15) is 0 Å². The second-order valence-corrected chi connectivity index (χ2v) is 7.30. The predicted molar refractivity (Wildman–Crippen MR) is 96.5 cm³/mol. The van der Waals surface area contributed by atoms with Crippen molar-refractivity contribution in [1.82, 2.24) is 14.4 Å². The van der Waals surface area contributed by atoms with E-state index in [0.29, 0.717) is 0 Å². The summed E-state index contributed by atoms with van der Waals surface area (Å²) in [6.45, 7) is 8.99. The minimum atomic E-state index is 0.156. The molecule has 1 saturated heterocycles. The average Bonchev–Trinajstić information content (AvgIpc) is 2.88. The first-order valence-electron chi connectivity index (χ1n) is 7.96. The zero-order chi connectivity index (χ0) is 16.2. The molecule has 4 nitrogen and oxygen atoms in total. The van der Waals surface area contributed by atoms with E-state index in [1.807, 2.05) is 29.0 Å². The number of hydrogen-bond acceptors (Lipinski definition) is 4. The van der Waals surface area contributed by atoms with Crippen LogP contribution < -0.4 is 4.87 Å². The molecule has 0 unspecified atom stereocenters. The van der Waals surface area contributed by atoms with Crippen molar-refractivity contribution >= 4 is 22.9 Å². The van der Waals surface area contributed by atoms with E-state index in [1.54, 1.807) is 0 Å². The molecule has 1 aromatic heterocycles. The van der Waals surface area contributed by atoms with Crippen LogP contribution in [0.1, 0.15) is 11.3 Å². The Labute approximate surface area is 145 Å². The number of aryl methyl sites for hydroxylation is 1. The van der Waals surface area contributed by atoms with Crippen LogP contribution in [0.5, 0.6) is 0 Å². The van der Waals surface area contributed by atoms with Crippen LogP contribution in [0.3, 0.4) is 0 Å². The van der Waals surface area contributed by atoms with E-state index in [9.17, 15) is 4.79 Å². The van der Waals surface area contributed by atoms with Gasteiger partial charge in [-0.25, -0.2) is 0 Å². The molecule has 0 saturated carbocycles. The normalized spacial score (nSPS) is 16.8. The second kappa shape index (κ2) is 7.62. The molecule has 0 N–H and O–H groups in total. The van der Waals surface area contributed by atoms with Gasteiger partial charge in [-0.15, -0.1) is 0 Å². The van der Waals surface area contributed by atoms with Gasteiger partial charge in [0.05, 0.1) is 0 Å². The molecule has 1 fully saturated rings. The van der Waals surface area contributed by atoms with E-state index in [4.69, 9.17) is 11.6 Å². The highest BCUT2D eigenvalue weighted by atomic mass is 35.5. The van der Waals surface area contributed by atoms with Crippen LogP contribution in [0, 0.1) is 6.92 Å². The van der Waals surface area contributed by atoms with Gasteiger partial charge in [0, 0.05) is 61.9 Å². The summed E-state index contributed by atoms with van der Waals surface area (Å²) in [6, 6.07) is 8.10. The second-order valence-electron chi connectivity index (χ2n) is 6.04.